The maximum Gasteiger partial charge on any atom is 0.371 e. The van der Waals surface area contributed by atoms with Gasteiger partial charge in [0.1, 0.15) is 5.76 Å². The van der Waals surface area contributed by atoms with Crippen LogP contribution in [0.5, 0.6) is 0 Å². The molecular weight excluding hydrogens is 236 g/mol. The summed E-state index contributed by atoms with van der Waals surface area (Å²) in [7, 11) is 0. The van der Waals surface area contributed by atoms with Gasteiger partial charge in [0, 0.05) is 6.42 Å². The lowest BCUT2D eigenvalue weighted by molar-refractivity contribution is -0.118. The van der Waals surface area contributed by atoms with Crippen LogP contribution >= 0.6 is 0 Å². The number of nitrogens with two attached hydrogens (primary N) is 1. The van der Waals surface area contributed by atoms with Crippen LogP contribution in [-0.4, -0.2) is 23.5 Å². The van der Waals surface area contributed by atoms with Gasteiger partial charge in [-0.1, -0.05) is 0 Å². The molecule has 0 radical (unpaired) electrons. The molecule has 1 aromatic rings. The zero-order valence-corrected chi connectivity index (χ0v) is 10.3. The molecule has 1 rings (SSSR count). The molecule has 0 aliphatic carbocycles. The number of hydrogen-bond donors (Lipinski definition) is 3. The summed E-state index contributed by atoms with van der Waals surface area (Å²) < 4.78 is 5.17. The molecule has 0 aromatic carbocycles. The number of carbonyl (C=O) groups excluding carboxylic acids is 1. The van der Waals surface area contributed by atoms with E-state index in [9.17, 15) is 9.59 Å². The molecule has 0 spiro atoms. The zero-order chi connectivity index (χ0) is 13.5. The molecule has 0 aliphatic rings. The number of carboxylic acid groups (broad SMARTS) is 1. The molecule has 1 unspecified atom stereocenters. The topological polar surface area (TPSA) is 106 Å². The van der Waals surface area contributed by atoms with Gasteiger partial charge in [0.05, 0.1) is 6.04 Å². The molecule has 0 bridgehead atoms. The second kappa shape index (κ2) is 6.80. The van der Waals surface area contributed by atoms with E-state index in [4.69, 9.17) is 15.3 Å². The highest BCUT2D eigenvalue weighted by Crippen LogP contribution is 2.16. The Labute approximate surface area is 105 Å². The Morgan fingerprint density at radius 2 is 2.17 bits per heavy atom. The van der Waals surface area contributed by atoms with Crippen LogP contribution in [0.1, 0.15) is 48.5 Å². The molecule has 100 valence electrons. The molecule has 0 saturated carbocycles. The molecular formula is C12H18N2O4. The fourth-order valence-corrected chi connectivity index (χ4v) is 1.54. The maximum absolute atomic E-state index is 10.6. The van der Waals surface area contributed by atoms with E-state index in [0.717, 1.165) is 19.4 Å². The molecule has 0 saturated heterocycles. The fourth-order valence-electron chi connectivity index (χ4n) is 1.54. The lowest BCUT2D eigenvalue weighted by Gasteiger charge is -2.10. The Morgan fingerprint density at radius 3 is 2.72 bits per heavy atom. The highest BCUT2D eigenvalue weighted by Gasteiger charge is 2.13. The molecule has 0 aliphatic heterocycles. The van der Waals surface area contributed by atoms with Gasteiger partial charge in [-0.2, -0.15) is 0 Å². The van der Waals surface area contributed by atoms with E-state index in [1.54, 1.807) is 6.07 Å². The molecule has 1 heterocycles. The lowest BCUT2D eigenvalue weighted by atomic mass is 10.2. The van der Waals surface area contributed by atoms with E-state index in [2.05, 4.69) is 5.32 Å². The Kier molecular flexibility index (Phi) is 5.38. The Morgan fingerprint density at radius 1 is 1.44 bits per heavy atom. The van der Waals surface area contributed by atoms with Gasteiger partial charge in [-0.15, -0.1) is 0 Å². The van der Waals surface area contributed by atoms with Crippen molar-refractivity contribution in [3.8, 4) is 0 Å². The highest BCUT2D eigenvalue weighted by atomic mass is 16.4. The molecule has 6 heteroatoms. The van der Waals surface area contributed by atoms with E-state index in [-0.39, 0.29) is 17.7 Å². The number of nitrogens with one attached hydrogen (secondary N) is 1. The number of furan rings is 1. The number of primary amides is 1. The summed E-state index contributed by atoms with van der Waals surface area (Å²) in [6, 6.07) is 3.01. The Hall–Kier alpha value is -1.82. The maximum atomic E-state index is 10.6. The van der Waals surface area contributed by atoms with Crippen molar-refractivity contribution in [2.75, 3.05) is 6.54 Å². The van der Waals surface area contributed by atoms with Crippen LogP contribution in [0.15, 0.2) is 16.5 Å². The number of rotatable bonds is 8. The summed E-state index contributed by atoms with van der Waals surface area (Å²) >= 11 is 0. The van der Waals surface area contributed by atoms with Crippen molar-refractivity contribution in [3.63, 3.8) is 0 Å². The first-order chi connectivity index (χ1) is 8.50. The van der Waals surface area contributed by atoms with Crippen molar-refractivity contribution in [2.24, 2.45) is 5.73 Å². The first-order valence-electron chi connectivity index (χ1n) is 5.85. The number of unbranched alkanes of at least 4 members (excludes halogenated alkanes) is 1. The summed E-state index contributed by atoms with van der Waals surface area (Å²) in [5, 5.41) is 11.9. The van der Waals surface area contributed by atoms with Gasteiger partial charge in [0.2, 0.25) is 11.7 Å². The van der Waals surface area contributed by atoms with Crippen LogP contribution in [0, 0.1) is 0 Å². The average molecular weight is 254 g/mol. The summed E-state index contributed by atoms with van der Waals surface area (Å²) in [5.74, 6) is -0.843. The van der Waals surface area contributed by atoms with Crippen molar-refractivity contribution >= 4 is 11.9 Å². The normalized spacial score (nSPS) is 12.3. The SMILES string of the molecule is CC(NCCCCC(N)=O)c1ccc(C(=O)O)o1. The predicted octanol–water partition coefficient (Wildman–Crippen LogP) is 1.28. The van der Waals surface area contributed by atoms with Crippen molar-refractivity contribution in [3.05, 3.63) is 23.7 Å². The van der Waals surface area contributed by atoms with Crippen molar-refractivity contribution in [1.82, 2.24) is 5.32 Å². The first-order valence-corrected chi connectivity index (χ1v) is 5.85. The largest absolute Gasteiger partial charge is 0.475 e. The summed E-state index contributed by atoms with van der Waals surface area (Å²) in [4.78, 5) is 21.2. The average Bonchev–Trinajstić information content (AvgIpc) is 2.77. The van der Waals surface area contributed by atoms with Gasteiger partial charge in [0.25, 0.3) is 0 Å². The van der Waals surface area contributed by atoms with Crippen molar-refractivity contribution < 1.29 is 19.1 Å². The van der Waals surface area contributed by atoms with E-state index in [0.29, 0.717) is 12.2 Å². The summed E-state index contributed by atoms with van der Waals surface area (Å²) in [5.41, 5.74) is 5.03. The van der Waals surface area contributed by atoms with Crippen LogP contribution in [0.2, 0.25) is 0 Å². The van der Waals surface area contributed by atoms with Gasteiger partial charge in [0.15, 0.2) is 0 Å². The van der Waals surface area contributed by atoms with E-state index in [1.165, 1.54) is 6.07 Å². The minimum absolute atomic E-state index is 0.0626. The second-order valence-electron chi connectivity index (χ2n) is 4.11. The highest BCUT2D eigenvalue weighted by molar-refractivity contribution is 5.84. The quantitative estimate of drug-likeness (QED) is 0.606. The van der Waals surface area contributed by atoms with Gasteiger partial charge in [-0.25, -0.2) is 4.79 Å². The van der Waals surface area contributed by atoms with Crippen LogP contribution in [-0.2, 0) is 4.79 Å². The standard InChI is InChI=1S/C12H18N2O4/c1-8(14-7-3-2-4-11(13)15)9-5-6-10(18-9)12(16)17/h5-6,8,14H,2-4,7H2,1H3,(H2,13,15)(H,16,17). The molecule has 1 atom stereocenters. The molecule has 18 heavy (non-hydrogen) atoms. The third-order valence-corrected chi connectivity index (χ3v) is 2.56. The molecule has 1 amide bonds. The van der Waals surface area contributed by atoms with Crippen LogP contribution < -0.4 is 11.1 Å². The van der Waals surface area contributed by atoms with E-state index < -0.39 is 5.97 Å². The van der Waals surface area contributed by atoms with Gasteiger partial charge in [-0.3, -0.25) is 4.79 Å². The van der Waals surface area contributed by atoms with Gasteiger partial charge >= 0.3 is 5.97 Å². The number of carbonyl (C=O) groups is 2. The van der Waals surface area contributed by atoms with E-state index in [1.807, 2.05) is 6.92 Å². The van der Waals surface area contributed by atoms with Gasteiger partial charge < -0.3 is 20.6 Å². The number of hydrogen-bond acceptors (Lipinski definition) is 4. The van der Waals surface area contributed by atoms with Crippen LogP contribution in [0.4, 0.5) is 0 Å². The lowest BCUT2D eigenvalue weighted by Crippen LogP contribution is -2.20. The van der Waals surface area contributed by atoms with Crippen LogP contribution in [0.3, 0.4) is 0 Å². The molecule has 6 nitrogen and oxygen atoms in total. The summed E-state index contributed by atoms with van der Waals surface area (Å²) in [6.07, 6.45) is 1.97. The number of amides is 1. The van der Waals surface area contributed by atoms with Crippen molar-refractivity contribution in [1.29, 1.82) is 0 Å². The van der Waals surface area contributed by atoms with Crippen molar-refractivity contribution in [2.45, 2.75) is 32.2 Å². The minimum atomic E-state index is -1.07. The van der Waals surface area contributed by atoms with E-state index >= 15 is 0 Å². The Balaban J connectivity index is 2.29. The number of aromatic carboxylic acids is 1. The fraction of sp³-hybridized carbons (Fsp3) is 0.500. The third-order valence-electron chi connectivity index (χ3n) is 2.56. The minimum Gasteiger partial charge on any atom is -0.475 e. The smallest absolute Gasteiger partial charge is 0.371 e. The number of carboxylic acids is 1. The summed E-state index contributed by atoms with van der Waals surface area (Å²) in [6.45, 7) is 2.61. The first kappa shape index (κ1) is 14.2. The second-order valence-corrected chi connectivity index (χ2v) is 4.11. The Bertz CT molecular complexity index is 414. The monoisotopic (exact) mass is 254 g/mol. The molecule has 0 fully saturated rings. The van der Waals surface area contributed by atoms with Crippen LogP contribution in [0.25, 0.3) is 0 Å². The predicted molar refractivity (Wildman–Crippen MR) is 65.1 cm³/mol. The molecule has 1 aromatic heterocycles. The third kappa shape index (κ3) is 4.58. The zero-order valence-electron chi connectivity index (χ0n) is 10.3. The van der Waals surface area contributed by atoms with Gasteiger partial charge in [-0.05, 0) is 38.4 Å². The molecule has 4 N–H and O–H groups in total.